The van der Waals surface area contributed by atoms with Gasteiger partial charge in [-0.05, 0) is 38.0 Å². The summed E-state index contributed by atoms with van der Waals surface area (Å²) in [7, 11) is 1.64. The molecule has 0 unspecified atom stereocenters. The van der Waals surface area contributed by atoms with E-state index in [1.165, 1.54) is 0 Å². The Balaban J connectivity index is 1.65. The Morgan fingerprint density at radius 2 is 2.11 bits per heavy atom. The van der Waals surface area contributed by atoms with Gasteiger partial charge in [-0.25, -0.2) is 9.97 Å². The molecule has 1 aliphatic heterocycles. The molecular formula is C21H24N4O3. The van der Waals surface area contributed by atoms with Crippen molar-refractivity contribution in [2.45, 2.75) is 32.3 Å². The largest absolute Gasteiger partial charge is 0.381 e. The number of rotatable bonds is 5. The zero-order valence-corrected chi connectivity index (χ0v) is 16.1. The first-order chi connectivity index (χ1) is 13.6. The van der Waals surface area contributed by atoms with Crippen molar-refractivity contribution in [2.75, 3.05) is 25.6 Å². The van der Waals surface area contributed by atoms with E-state index >= 15 is 0 Å². The molecule has 0 aliphatic carbocycles. The summed E-state index contributed by atoms with van der Waals surface area (Å²) in [5, 5.41) is 2.97. The van der Waals surface area contributed by atoms with Gasteiger partial charge in [0.15, 0.2) is 0 Å². The summed E-state index contributed by atoms with van der Waals surface area (Å²) in [4.78, 5) is 21.8. The zero-order valence-electron chi connectivity index (χ0n) is 16.1. The first-order valence-corrected chi connectivity index (χ1v) is 9.47. The third kappa shape index (κ3) is 3.90. The first-order valence-electron chi connectivity index (χ1n) is 9.47. The zero-order chi connectivity index (χ0) is 19.5. The predicted octanol–water partition coefficient (Wildman–Crippen LogP) is 3.33. The third-order valence-electron chi connectivity index (χ3n) is 5.01. The summed E-state index contributed by atoms with van der Waals surface area (Å²) in [6.45, 7) is 3.80. The molecule has 1 N–H and O–H groups in total. The maximum Gasteiger partial charge on any atom is 0.274 e. The van der Waals surface area contributed by atoms with Gasteiger partial charge < -0.3 is 19.2 Å². The van der Waals surface area contributed by atoms with Crippen LogP contribution in [0.3, 0.4) is 0 Å². The number of hydrogen-bond acceptors (Lipinski definition) is 5. The van der Waals surface area contributed by atoms with Gasteiger partial charge in [0.2, 0.25) is 0 Å². The van der Waals surface area contributed by atoms with Crippen LogP contribution < -0.4 is 5.32 Å². The van der Waals surface area contributed by atoms with Crippen molar-refractivity contribution in [3.63, 3.8) is 0 Å². The molecule has 0 aromatic carbocycles. The first kappa shape index (κ1) is 18.6. The second kappa shape index (κ2) is 8.08. The molecular weight excluding hydrogens is 356 g/mol. The minimum Gasteiger partial charge on any atom is -0.381 e. The Kier molecular flexibility index (Phi) is 5.36. The number of hydrogen-bond donors (Lipinski definition) is 1. The molecule has 1 amide bonds. The quantitative estimate of drug-likeness (QED) is 0.735. The smallest absolute Gasteiger partial charge is 0.274 e. The van der Waals surface area contributed by atoms with Crippen LogP contribution >= 0.6 is 0 Å². The summed E-state index contributed by atoms with van der Waals surface area (Å²) in [6, 6.07) is 7.36. The highest BCUT2D eigenvalue weighted by Crippen LogP contribution is 2.28. The number of imidazole rings is 1. The van der Waals surface area contributed by atoms with Crippen molar-refractivity contribution < 1.29 is 14.3 Å². The molecule has 146 valence electrons. The summed E-state index contributed by atoms with van der Waals surface area (Å²) < 4.78 is 12.7. The number of ether oxygens (including phenoxy) is 2. The van der Waals surface area contributed by atoms with Gasteiger partial charge in [0.05, 0.1) is 18.0 Å². The van der Waals surface area contributed by atoms with Crippen molar-refractivity contribution in [1.29, 1.82) is 0 Å². The number of pyridine rings is 2. The van der Waals surface area contributed by atoms with E-state index in [0.29, 0.717) is 23.9 Å². The molecule has 3 aromatic heterocycles. The van der Waals surface area contributed by atoms with Crippen molar-refractivity contribution in [2.24, 2.45) is 0 Å². The highest BCUT2D eigenvalue weighted by Gasteiger charge is 2.20. The van der Waals surface area contributed by atoms with Crippen molar-refractivity contribution in [3.05, 3.63) is 59.3 Å². The molecule has 4 rings (SSSR count). The normalized spacial score (nSPS) is 15.1. The van der Waals surface area contributed by atoms with Gasteiger partial charge in [0.25, 0.3) is 5.91 Å². The number of carbonyl (C=O) groups is 1. The van der Waals surface area contributed by atoms with E-state index in [4.69, 9.17) is 14.5 Å². The van der Waals surface area contributed by atoms with E-state index in [1.807, 2.05) is 41.9 Å². The Labute approximate surface area is 163 Å². The van der Waals surface area contributed by atoms with E-state index < -0.39 is 0 Å². The van der Waals surface area contributed by atoms with Crippen molar-refractivity contribution >= 4 is 17.2 Å². The molecule has 0 spiro atoms. The fourth-order valence-corrected chi connectivity index (χ4v) is 3.53. The van der Waals surface area contributed by atoms with Gasteiger partial charge in [0, 0.05) is 49.9 Å². The summed E-state index contributed by atoms with van der Waals surface area (Å²) in [5.41, 5.74) is 4.67. The summed E-state index contributed by atoms with van der Waals surface area (Å²) in [6.07, 6.45) is 5.91. The lowest BCUT2D eigenvalue weighted by atomic mass is 9.97. The lowest BCUT2D eigenvalue weighted by Crippen LogP contribution is -2.16. The molecule has 28 heavy (non-hydrogen) atoms. The van der Waals surface area contributed by atoms with E-state index in [1.54, 1.807) is 13.2 Å². The van der Waals surface area contributed by atoms with Crippen LogP contribution in [0.5, 0.6) is 0 Å². The second-order valence-corrected chi connectivity index (χ2v) is 7.08. The van der Waals surface area contributed by atoms with Crippen LogP contribution in [-0.2, 0) is 16.1 Å². The minimum absolute atomic E-state index is 0.245. The van der Waals surface area contributed by atoms with Crippen LogP contribution in [0.15, 0.2) is 36.7 Å². The molecule has 0 saturated carbocycles. The van der Waals surface area contributed by atoms with Crippen LogP contribution in [0.1, 0.15) is 46.2 Å². The molecule has 0 radical (unpaired) electrons. The third-order valence-corrected chi connectivity index (χ3v) is 5.01. The van der Waals surface area contributed by atoms with Crippen molar-refractivity contribution in [1.82, 2.24) is 14.4 Å². The van der Waals surface area contributed by atoms with Gasteiger partial charge in [-0.2, -0.15) is 0 Å². The van der Waals surface area contributed by atoms with E-state index in [-0.39, 0.29) is 5.91 Å². The Bertz CT molecular complexity index is 992. The van der Waals surface area contributed by atoms with E-state index in [9.17, 15) is 4.79 Å². The fraction of sp³-hybridized carbons (Fsp3) is 0.381. The highest BCUT2D eigenvalue weighted by molar-refractivity contribution is 6.03. The molecule has 1 saturated heterocycles. The number of aryl methyl sites for hydroxylation is 1. The fourth-order valence-electron chi connectivity index (χ4n) is 3.53. The monoisotopic (exact) mass is 380 g/mol. The molecule has 4 heterocycles. The lowest BCUT2D eigenvalue weighted by molar-refractivity contribution is 0.0846. The summed E-state index contributed by atoms with van der Waals surface area (Å²) >= 11 is 0. The van der Waals surface area contributed by atoms with Gasteiger partial charge in [0.1, 0.15) is 11.3 Å². The predicted molar refractivity (Wildman–Crippen MR) is 106 cm³/mol. The maximum absolute atomic E-state index is 12.7. The van der Waals surface area contributed by atoms with Crippen LogP contribution in [0.25, 0.3) is 5.65 Å². The Morgan fingerprint density at radius 1 is 1.29 bits per heavy atom. The average molecular weight is 380 g/mol. The highest BCUT2D eigenvalue weighted by atomic mass is 16.5. The number of methoxy groups -OCH3 is 1. The minimum atomic E-state index is -0.245. The molecule has 7 nitrogen and oxygen atoms in total. The van der Waals surface area contributed by atoms with E-state index in [2.05, 4.69) is 10.3 Å². The number of nitrogens with one attached hydrogen (secondary N) is 1. The number of nitrogens with zero attached hydrogens (tertiary/aromatic N) is 3. The number of carbonyl (C=O) groups excluding carboxylic acids is 1. The van der Waals surface area contributed by atoms with Gasteiger partial charge in [-0.1, -0.05) is 6.07 Å². The number of anilines is 1. The number of fused-ring (bicyclic) bond motifs is 1. The Morgan fingerprint density at radius 3 is 2.86 bits per heavy atom. The van der Waals surface area contributed by atoms with Crippen LogP contribution in [-0.4, -0.2) is 40.6 Å². The number of aromatic nitrogens is 3. The van der Waals surface area contributed by atoms with Gasteiger partial charge >= 0.3 is 0 Å². The van der Waals surface area contributed by atoms with Crippen LogP contribution in [0, 0.1) is 6.92 Å². The maximum atomic E-state index is 12.7. The van der Waals surface area contributed by atoms with Gasteiger partial charge in [-0.3, -0.25) is 4.79 Å². The Hall–Kier alpha value is -2.77. The average Bonchev–Trinajstić information content (AvgIpc) is 3.12. The van der Waals surface area contributed by atoms with Crippen LogP contribution in [0.2, 0.25) is 0 Å². The molecule has 0 bridgehead atoms. The topological polar surface area (TPSA) is 77.8 Å². The SMILES string of the molecule is COCc1cc2nc(C3CCOCC3)cn2cc1NC(=O)c1cccc(C)n1. The van der Waals surface area contributed by atoms with Crippen LogP contribution in [0.4, 0.5) is 5.69 Å². The lowest BCUT2D eigenvalue weighted by Gasteiger charge is -2.19. The summed E-state index contributed by atoms with van der Waals surface area (Å²) in [5.74, 6) is 0.166. The van der Waals surface area contributed by atoms with Crippen molar-refractivity contribution in [3.8, 4) is 0 Å². The number of amides is 1. The molecule has 3 aromatic rings. The second-order valence-electron chi connectivity index (χ2n) is 7.08. The molecule has 0 atom stereocenters. The molecule has 7 heteroatoms. The standard InChI is InChI=1S/C21H24N4O3/c1-14-4-3-5-17(22-14)21(26)24-19-12-25-11-18(15-6-8-28-9-7-15)23-20(25)10-16(19)13-27-2/h3-5,10-12,15H,6-9,13H2,1-2H3,(H,24,26). The molecule has 1 aliphatic rings. The molecule has 1 fully saturated rings. The van der Waals surface area contributed by atoms with E-state index in [0.717, 1.165) is 48.7 Å². The van der Waals surface area contributed by atoms with Gasteiger partial charge in [-0.15, -0.1) is 0 Å².